The topological polar surface area (TPSA) is 26.3 Å². The number of rotatable bonds is 3. The minimum absolute atomic E-state index is 0.0283. The normalized spacial score (nSPS) is 10.4. The van der Waals surface area contributed by atoms with Gasteiger partial charge in [-0.3, -0.25) is 4.79 Å². The van der Waals surface area contributed by atoms with E-state index in [9.17, 15) is 4.79 Å². The lowest BCUT2D eigenvalue weighted by molar-refractivity contribution is 0.103. The quantitative estimate of drug-likeness (QED) is 0.781. The first kappa shape index (κ1) is 14.3. The maximum Gasteiger partial charge on any atom is 0.197 e. The molecule has 2 aromatic rings. The van der Waals surface area contributed by atoms with Crippen LogP contribution in [0, 0.1) is 27.7 Å². The second kappa shape index (κ2) is 5.49. The summed E-state index contributed by atoms with van der Waals surface area (Å²) in [5, 5.41) is 0. The predicted octanol–water partition coefficient (Wildman–Crippen LogP) is 4.16. The smallest absolute Gasteiger partial charge is 0.197 e. The summed E-state index contributed by atoms with van der Waals surface area (Å²) in [4.78, 5) is 12.9. The fourth-order valence-electron chi connectivity index (χ4n) is 2.54. The van der Waals surface area contributed by atoms with Gasteiger partial charge in [-0.05, 0) is 56.0 Å². The zero-order valence-corrected chi connectivity index (χ0v) is 12.7. The average Bonchev–Trinajstić information content (AvgIpc) is 2.41. The van der Waals surface area contributed by atoms with Crippen molar-refractivity contribution in [2.24, 2.45) is 0 Å². The molecule has 0 radical (unpaired) electrons. The first-order valence-electron chi connectivity index (χ1n) is 6.72. The van der Waals surface area contributed by atoms with Crippen LogP contribution in [0.3, 0.4) is 0 Å². The van der Waals surface area contributed by atoms with Crippen molar-refractivity contribution < 1.29 is 9.53 Å². The first-order chi connectivity index (χ1) is 9.47. The zero-order chi connectivity index (χ0) is 14.9. The van der Waals surface area contributed by atoms with Crippen molar-refractivity contribution in [3.05, 3.63) is 63.7 Å². The highest BCUT2D eigenvalue weighted by molar-refractivity contribution is 6.12. The lowest BCUT2D eigenvalue weighted by atomic mass is 9.92. The zero-order valence-electron chi connectivity index (χ0n) is 12.7. The van der Waals surface area contributed by atoms with Crippen molar-refractivity contribution in [1.29, 1.82) is 0 Å². The highest BCUT2D eigenvalue weighted by atomic mass is 16.5. The van der Waals surface area contributed by atoms with Gasteiger partial charge in [-0.25, -0.2) is 0 Å². The molecule has 0 aromatic heterocycles. The minimum Gasteiger partial charge on any atom is -0.496 e. The SMILES string of the molecule is COc1c(C(=O)c2c(C)cccc2C)ccc(C)c1C. The molecule has 0 amide bonds. The Labute approximate surface area is 120 Å². The van der Waals surface area contributed by atoms with Crippen LogP contribution in [0.25, 0.3) is 0 Å². The lowest BCUT2D eigenvalue weighted by Gasteiger charge is -2.15. The fourth-order valence-corrected chi connectivity index (χ4v) is 2.54. The van der Waals surface area contributed by atoms with Crippen LogP contribution < -0.4 is 4.74 Å². The van der Waals surface area contributed by atoms with E-state index < -0.39 is 0 Å². The Balaban J connectivity index is 2.63. The standard InChI is InChI=1S/C18H20O2/c1-11-9-10-15(18(20-5)14(11)4)17(19)16-12(2)7-6-8-13(16)3/h6-10H,1-5H3. The van der Waals surface area contributed by atoms with E-state index in [1.54, 1.807) is 7.11 Å². The third-order valence-corrected chi connectivity index (χ3v) is 3.83. The van der Waals surface area contributed by atoms with Crippen LogP contribution in [0.1, 0.15) is 38.2 Å². The molecule has 0 atom stereocenters. The van der Waals surface area contributed by atoms with E-state index in [2.05, 4.69) is 0 Å². The number of ketones is 1. The Bertz CT molecular complexity index is 649. The van der Waals surface area contributed by atoms with E-state index in [0.717, 1.165) is 27.8 Å². The van der Waals surface area contributed by atoms with Crippen LogP contribution >= 0.6 is 0 Å². The summed E-state index contributed by atoms with van der Waals surface area (Å²) in [6, 6.07) is 9.73. The van der Waals surface area contributed by atoms with Crippen molar-refractivity contribution in [2.75, 3.05) is 7.11 Å². The van der Waals surface area contributed by atoms with Gasteiger partial charge in [-0.1, -0.05) is 24.3 Å². The molecule has 0 aliphatic rings. The van der Waals surface area contributed by atoms with Crippen molar-refractivity contribution in [2.45, 2.75) is 27.7 Å². The summed E-state index contributed by atoms with van der Waals surface area (Å²) in [5.41, 5.74) is 5.54. The van der Waals surface area contributed by atoms with Gasteiger partial charge in [0.15, 0.2) is 5.78 Å². The number of ether oxygens (including phenoxy) is 1. The van der Waals surface area contributed by atoms with Gasteiger partial charge in [0.25, 0.3) is 0 Å². The van der Waals surface area contributed by atoms with Crippen molar-refractivity contribution in [3.63, 3.8) is 0 Å². The molecule has 0 fully saturated rings. The maximum absolute atomic E-state index is 12.9. The Morgan fingerprint density at radius 3 is 2.05 bits per heavy atom. The molecule has 0 heterocycles. The molecular formula is C18H20O2. The second-order valence-corrected chi connectivity index (χ2v) is 5.18. The van der Waals surface area contributed by atoms with E-state index in [1.165, 1.54) is 0 Å². The van der Waals surface area contributed by atoms with Gasteiger partial charge >= 0.3 is 0 Å². The Morgan fingerprint density at radius 2 is 1.50 bits per heavy atom. The molecule has 104 valence electrons. The summed E-state index contributed by atoms with van der Waals surface area (Å²) in [6.45, 7) is 7.93. The molecule has 2 heteroatoms. The van der Waals surface area contributed by atoms with Gasteiger partial charge in [0.2, 0.25) is 0 Å². The monoisotopic (exact) mass is 268 g/mol. The maximum atomic E-state index is 12.9. The van der Waals surface area contributed by atoms with E-state index in [-0.39, 0.29) is 5.78 Å². The number of benzene rings is 2. The summed E-state index contributed by atoms with van der Waals surface area (Å²) >= 11 is 0. The van der Waals surface area contributed by atoms with E-state index in [1.807, 2.05) is 58.0 Å². The minimum atomic E-state index is 0.0283. The van der Waals surface area contributed by atoms with E-state index in [0.29, 0.717) is 11.3 Å². The van der Waals surface area contributed by atoms with Gasteiger partial charge in [0, 0.05) is 5.56 Å². The number of hydrogen-bond acceptors (Lipinski definition) is 2. The third kappa shape index (κ3) is 2.34. The van der Waals surface area contributed by atoms with Crippen molar-refractivity contribution in [1.82, 2.24) is 0 Å². The van der Waals surface area contributed by atoms with Crippen molar-refractivity contribution >= 4 is 5.78 Å². The average molecular weight is 268 g/mol. The summed E-state index contributed by atoms with van der Waals surface area (Å²) in [5.74, 6) is 0.707. The Hall–Kier alpha value is -2.09. The van der Waals surface area contributed by atoms with Gasteiger partial charge in [0.1, 0.15) is 5.75 Å². The van der Waals surface area contributed by atoms with Gasteiger partial charge in [0.05, 0.1) is 12.7 Å². The summed E-state index contributed by atoms with van der Waals surface area (Å²) in [7, 11) is 1.61. The Morgan fingerprint density at radius 1 is 0.900 bits per heavy atom. The molecule has 2 aromatic carbocycles. The molecule has 0 unspecified atom stereocenters. The summed E-state index contributed by atoms with van der Waals surface area (Å²) < 4.78 is 5.46. The highest BCUT2D eigenvalue weighted by Crippen LogP contribution is 2.29. The van der Waals surface area contributed by atoms with Crippen LogP contribution in [0.5, 0.6) is 5.75 Å². The molecule has 0 aliphatic heterocycles. The molecule has 2 rings (SSSR count). The van der Waals surface area contributed by atoms with Crippen LogP contribution in [0.4, 0.5) is 0 Å². The third-order valence-electron chi connectivity index (χ3n) is 3.83. The largest absolute Gasteiger partial charge is 0.496 e. The predicted molar refractivity (Wildman–Crippen MR) is 81.8 cm³/mol. The van der Waals surface area contributed by atoms with Crippen LogP contribution in [-0.4, -0.2) is 12.9 Å². The molecule has 2 nitrogen and oxygen atoms in total. The molecule has 0 aliphatic carbocycles. The van der Waals surface area contributed by atoms with E-state index >= 15 is 0 Å². The number of aryl methyl sites for hydroxylation is 3. The molecule has 0 saturated carbocycles. The number of carbonyl (C=O) groups excluding carboxylic acids is 1. The lowest BCUT2D eigenvalue weighted by Crippen LogP contribution is -2.09. The van der Waals surface area contributed by atoms with Crippen LogP contribution in [0.15, 0.2) is 30.3 Å². The molecule has 20 heavy (non-hydrogen) atoms. The highest BCUT2D eigenvalue weighted by Gasteiger charge is 2.19. The van der Waals surface area contributed by atoms with Crippen molar-refractivity contribution in [3.8, 4) is 5.75 Å². The van der Waals surface area contributed by atoms with Crippen LogP contribution in [0.2, 0.25) is 0 Å². The van der Waals surface area contributed by atoms with Gasteiger partial charge < -0.3 is 4.74 Å². The second-order valence-electron chi connectivity index (χ2n) is 5.18. The summed E-state index contributed by atoms with van der Waals surface area (Å²) in [6.07, 6.45) is 0. The fraction of sp³-hybridized carbons (Fsp3) is 0.278. The first-order valence-corrected chi connectivity index (χ1v) is 6.72. The molecule has 0 spiro atoms. The number of carbonyl (C=O) groups is 1. The molecular weight excluding hydrogens is 248 g/mol. The van der Waals surface area contributed by atoms with Gasteiger partial charge in [-0.15, -0.1) is 0 Å². The number of methoxy groups -OCH3 is 1. The molecule has 0 bridgehead atoms. The molecule has 0 N–H and O–H groups in total. The van der Waals surface area contributed by atoms with Gasteiger partial charge in [-0.2, -0.15) is 0 Å². The van der Waals surface area contributed by atoms with E-state index in [4.69, 9.17) is 4.74 Å². The van der Waals surface area contributed by atoms with Crippen LogP contribution in [-0.2, 0) is 0 Å². The Kier molecular flexibility index (Phi) is 3.93. The number of hydrogen-bond donors (Lipinski definition) is 0. The molecule has 0 saturated heterocycles.